The van der Waals surface area contributed by atoms with Gasteiger partial charge >= 0.3 is 5.97 Å². The number of nitrogens with one attached hydrogen (secondary N) is 1. The van der Waals surface area contributed by atoms with Gasteiger partial charge in [-0.1, -0.05) is 11.6 Å². The third kappa shape index (κ3) is 7.82. The third-order valence-electron chi connectivity index (χ3n) is 3.38. The topological polar surface area (TPSA) is 145 Å². The number of H-pyrrole nitrogens is 1. The number of carboxylic acid groups (broad SMARTS) is 2. The lowest BCUT2D eigenvalue weighted by molar-refractivity contribution is -0.139. The number of ether oxygens (including phenoxy) is 2. The summed E-state index contributed by atoms with van der Waals surface area (Å²) < 4.78 is 10.4. The van der Waals surface area contributed by atoms with Gasteiger partial charge in [-0.05, 0) is 17.7 Å². The van der Waals surface area contributed by atoms with Gasteiger partial charge in [0.05, 0.1) is 25.3 Å². The molecular weight excluding hydrogens is 394 g/mol. The number of halogens is 1. The first-order valence-corrected chi connectivity index (χ1v) is 8.43. The molecule has 0 spiro atoms. The lowest BCUT2D eigenvalue weighted by Crippen LogP contribution is -2.26. The Morgan fingerprint density at radius 1 is 1.39 bits per heavy atom. The van der Waals surface area contributed by atoms with Crippen LogP contribution in [-0.2, 0) is 22.7 Å². The Morgan fingerprint density at radius 2 is 2.11 bits per heavy atom. The normalized spacial score (nSPS) is 10.1. The zero-order chi connectivity index (χ0) is 20.9. The minimum absolute atomic E-state index is 0.00534. The Labute approximate surface area is 166 Å². The van der Waals surface area contributed by atoms with Crippen molar-refractivity contribution >= 4 is 24.0 Å². The summed E-state index contributed by atoms with van der Waals surface area (Å²) >= 11 is 6.22. The highest BCUT2D eigenvalue weighted by atomic mass is 35.5. The van der Waals surface area contributed by atoms with E-state index in [0.717, 1.165) is 11.4 Å². The van der Waals surface area contributed by atoms with Gasteiger partial charge in [0.25, 0.3) is 6.47 Å². The first-order chi connectivity index (χ1) is 13.4. The molecule has 0 radical (unpaired) electrons. The maximum Gasteiger partial charge on any atom is 0.341 e. The molecule has 1 heterocycles. The van der Waals surface area contributed by atoms with Gasteiger partial charge in [0.2, 0.25) is 0 Å². The third-order valence-corrected chi connectivity index (χ3v) is 3.66. The number of carbonyl (C=O) groups is 2. The van der Waals surface area contributed by atoms with E-state index in [-0.39, 0.29) is 23.9 Å². The summed E-state index contributed by atoms with van der Waals surface area (Å²) in [5, 5.41) is 25.2. The lowest BCUT2D eigenvalue weighted by Gasteiger charge is -2.21. The average Bonchev–Trinajstić information content (AvgIpc) is 3.14. The van der Waals surface area contributed by atoms with E-state index in [1.165, 1.54) is 7.11 Å². The summed E-state index contributed by atoms with van der Waals surface area (Å²) in [6.07, 6.45) is 3.40. The van der Waals surface area contributed by atoms with Crippen LogP contribution in [0.25, 0.3) is 0 Å². The number of imidazole rings is 1. The summed E-state index contributed by atoms with van der Waals surface area (Å²) in [5.74, 6) is 0.225. The minimum Gasteiger partial charge on any atom is -0.493 e. The number of hydrogen-bond acceptors (Lipinski definition) is 7. The van der Waals surface area contributed by atoms with Gasteiger partial charge in [-0.2, -0.15) is 0 Å². The molecule has 1 aromatic carbocycles. The van der Waals surface area contributed by atoms with Crippen molar-refractivity contribution in [1.82, 2.24) is 14.9 Å². The van der Waals surface area contributed by atoms with Crippen molar-refractivity contribution in [1.29, 1.82) is 0 Å². The van der Waals surface area contributed by atoms with Gasteiger partial charge < -0.3 is 29.8 Å². The second kappa shape index (κ2) is 12.5. The Morgan fingerprint density at radius 3 is 2.64 bits per heavy atom. The molecule has 0 atom stereocenters. The zero-order valence-corrected chi connectivity index (χ0v) is 15.9. The van der Waals surface area contributed by atoms with Crippen LogP contribution in [-0.4, -0.2) is 69.5 Å². The molecule has 0 amide bonds. The fourth-order valence-electron chi connectivity index (χ4n) is 2.35. The van der Waals surface area contributed by atoms with Crippen LogP contribution in [0.1, 0.15) is 11.4 Å². The van der Waals surface area contributed by atoms with Crippen LogP contribution < -0.4 is 9.47 Å². The summed E-state index contributed by atoms with van der Waals surface area (Å²) in [4.78, 5) is 28.2. The second-order valence-corrected chi connectivity index (χ2v) is 5.77. The Kier molecular flexibility index (Phi) is 10.4. The van der Waals surface area contributed by atoms with Gasteiger partial charge in [-0.3, -0.25) is 9.69 Å². The summed E-state index contributed by atoms with van der Waals surface area (Å²) in [6, 6.07) is 3.42. The number of benzene rings is 1. The van der Waals surface area contributed by atoms with Gasteiger partial charge in [-0.25, -0.2) is 9.78 Å². The maximum absolute atomic E-state index is 10.7. The molecule has 0 unspecified atom stereocenters. The first-order valence-electron chi connectivity index (χ1n) is 8.05. The molecule has 28 heavy (non-hydrogen) atoms. The Bertz CT molecular complexity index is 741. The van der Waals surface area contributed by atoms with Crippen molar-refractivity contribution in [2.24, 2.45) is 0 Å². The predicted octanol–water partition coefficient (Wildman–Crippen LogP) is 1.23. The number of methoxy groups -OCH3 is 1. The number of aliphatic hydroxyl groups is 1. The van der Waals surface area contributed by atoms with Crippen molar-refractivity contribution in [3.63, 3.8) is 0 Å². The highest BCUT2D eigenvalue weighted by Crippen LogP contribution is 2.36. The van der Waals surface area contributed by atoms with Crippen LogP contribution in [0, 0.1) is 0 Å². The molecule has 0 bridgehead atoms. The maximum atomic E-state index is 10.7. The summed E-state index contributed by atoms with van der Waals surface area (Å²) in [7, 11) is 1.46. The highest BCUT2D eigenvalue weighted by Gasteiger charge is 2.16. The van der Waals surface area contributed by atoms with E-state index < -0.39 is 12.6 Å². The Balaban J connectivity index is 0.00000122. The number of hydrogen-bond donors (Lipinski definition) is 4. The molecule has 10 nitrogen and oxygen atoms in total. The minimum atomic E-state index is -1.10. The monoisotopic (exact) mass is 415 g/mol. The second-order valence-electron chi connectivity index (χ2n) is 5.37. The molecule has 0 aliphatic heterocycles. The number of aliphatic hydroxyl groups excluding tert-OH is 1. The van der Waals surface area contributed by atoms with Gasteiger partial charge in [0.1, 0.15) is 5.82 Å². The zero-order valence-electron chi connectivity index (χ0n) is 15.2. The predicted molar refractivity (Wildman–Crippen MR) is 99.6 cm³/mol. The highest BCUT2D eigenvalue weighted by molar-refractivity contribution is 6.32. The number of rotatable bonds is 10. The van der Waals surface area contributed by atoms with Crippen molar-refractivity contribution < 1.29 is 34.4 Å². The molecule has 0 saturated heterocycles. The van der Waals surface area contributed by atoms with Gasteiger partial charge in [0, 0.05) is 25.5 Å². The van der Waals surface area contributed by atoms with Crippen molar-refractivity contribution in [3.05, 3.63) is 40.9 Å². The van der Waals surface area contributed by atoms with Gasteiger partial charge in [0.15, 0.2) is 18.1 Å². The van der Waals surface area contributed by atoms with Crippen molar-refractivity contribution in [2.45, 2.75) is 13.1 Å². The van der Waals surface area contributed by atoms with E-state index >= 15 is 0 Å². The quantitative estimate of drug-likeness (QED) is 0.421. The van der Waals surface area contributed by atoms with E-state index in [4.69, 9.17) is 36.1 Å². The van der Waals surface area contributed by atoms with Crippen molar-refractivity contribution in [2.75, 3.05) is 26.9 Å². The number of aromatic amines is 1. The smallest absolute Gasteiger partial charge is 0.341 e. The van der Waals surface area contributed by atoms with E-state index in [1.807, 2.05) is 4.90 Å². The van der Waals surface area contributed by atoms with E-state index in [9.17, 15) is 9.90 Å². The van der Waals surface area contributed by atoms with Crippen LogP contribution >= 0.6 is 11.6 Å². The number of aromatic nitrogens is 2. The largest absolute Gasteiger partial charge is 0.493 e. The molecule has 1 aromatic heterocycles. The molecule has 0 fully saturated rings. The molecule has 0 saturated carbocycles. The molecule has 0 aliphatic rings. The molecule has 2 rings (SSSR count). The van der Waals surface area contributed by atoms with E-state index in [1.54, 1.807) is 24.5 Å². The average molecular weight is 416 g/mol. The molecule has 2 aromatic rings. The molecule has 4 N–H and O–H groups in total. The first kappa shape index (κ1) is 23.2. The van der Waals surface area contributed by atoms with Crippen LogP contribution in [0.3, 0.4) is 0 Å². The molecule has 154 valence electrons. The van der Waals surface area contributed by atoms with Crippen molar-refractivity contribution in [3.8, 4) is 11.5 Å². The van der Waals surface area contributed by atoms with E-state index in [0.29, 0.717) is 25.4 Å². The number of aliphatic carboxylic acids is 1. The molecule has 11 heteroatoms. The van der Waals surface area contributed by atoms with Crippen LogP contribution in [0.5, 0.6) is 11.5 Å². The van der Waals surface area contributed by atoms with Gasteiger partial charge in [-0.15, -0.1) is 0 Å². The number of carboxylic acids is 1. The summed E-state index contributed by atoms with van der Waals surface area (Å²) in [5.41, 5.74) is 0.838. The summed E-state index contributed by atoms with van der Waals surface area (Å²) in [6.45, 7) is 0.731. The van der Waals surface area contributed by atoms with Crippen LogP contribution in [0.2, 0.25) is 5.02 Å². The fourth-order valence-corrected chi connectivity index (χ4v) is 2.64. The SMILES string of the molecule is COc1cc(CN(CCO)Cc2ncc[nH]2)cc(Cl)c1OCC(=O)O.O=CO. The standard InChI is InChI=1S/C16H20ClN3O5.CH2O2/c1-24-13-7-11(6-12(17)16(13)25-10-15(22)23)8-20(4-5-21)9-14-18-2-3-19-14;2-1-3/h2-3,6-7,21H,4-5,8-10H2,1H3,(H,18,19)(H,22,23);1H,(H,2,3). The lowest BCUT2D eigenvalue weighted by atomic mass is 10.2. The van der Waals surface area contributed by atoms with Crippen LogP contribution in [0.4, 0.5) is 0 Å². The fraction of sp³-hybridized carbons (Fsp3) is 0.353. The Hall–Kier alpha value is -2.82. The van der Waals surface area contributed by atoms with Crippen LogP contribution in [0.15, 0.2) is 24.5 Å². The molecular formula is C17H22ClN3O7. The number of nitrogens with zero attached hydrogens (tertiary/aromatic N) is 2. The molecule has 0 aliphatic carbocycles. The van der Waals surface area contributed by atoms with E-state index in [2.05, 4.69) is 9.97 Å².